The zero-order valence-corrected chi connectivity index (χ0v) is 15.0. The van der Waals surface area contributed by atoms with Crippen molar-refractivity contribution in [3.63, 3.8) is 0 Å². The Morgan fingerprint density at radius 1 is 1.08 bits per heavy atom. The predicted molar refractivity (Wildman–Crippen MR) is 96.2 cm³/mol. The lowest BCUT2D eigenvalue weighted by Gasteiger charge is -2.05. The van der Waals surface area contributed by atoms with Gasteiger partial charge in [0.25, 0.3) is 0 Å². The quantitative estimate of drug-likeness (QED) is 0.703. The molecule has 8 heteroatoms. The van der Waals surface area contributed by atoms with Crippen molar-refractivity contribution in [1.82, 2.24) is 10.1 Å². The molecule has 6 nitrogen and oxygen atoms in total. The molecule has 0 atom stereocenters. The Hall–Kier alpha value is -2.38. The minimum Gasteiger partial charge on any atom is -0.376 e. The highest BCUT2D eigenvalue weighted by atomic mass is 35.5. The Morgan fingerprint density at radius 2 is 1.76 bits per heavy atom. The van der Waals surface area contributed by atoms with Crippen LogP contribution in [0, 0.1) is 0 Å². The van der Waals surface area contributed by atoms with Gasteiger partial charge in [0.15, 0.2) is 9.84 Å². The fraction of sp³-hybridized carbons (Fsp3) is 0.176. The molecular weight excluding hydrogens is 362 g/mol. The number of sulfone groups is 1. The molecule has 1 N–H and O–H groups in total. The smallest absolute Gasteiger partial charge is 0.246 e. The minimum atomic E-state index is -3.19. The van der Waals surface area contributed by atoms with E-state index in [9.17, 15) is 8.42 Å². The first kappa shape index (κ1) is 17.4. The summed E-state index contributed by atoms with van der Waals surface area (Å²) < 4.78 is 28.8. The Bertz CT molecular complexity index is 952. The summed E-state index contributed by atoms with van der Waals surface area (Å²) in [5, 5.41) is 7.70. The highest BCUT2D eigenvalue weighted by Crippen LogP contribution is 2.19. The number of halogens is 1. The van der Waals surface area contributed by atoms with Gasteiger partial charge in [-0.3, -0.25) is 0 Å². The van der Waals surface area contributed by atoms with Crippen LogP contribution in [0.3, 0.4) is 0 Å². The molecule has 0 aliphatic rings. The third-order valence-electron chi connectivity index (χ3n) is 3.61. The summed E-state index contributed by atoms with van der Waals surface area (Å²) >= 11 is 5.86. The topological polar surface area (TPSA) is 85.1 Å². The lowest BCUT2D eigenvalue weighted by atomic mass is 10.2. The van der Waals surface area contributed by atoms with Gasteiger partial charge < -0.3 is 9.84 Å². The lowest BCUT2D eigenvalue weighted by Crippen LogP contribution is -2.04. The van der Waals surface area contributed by atoms with Crippen LogP contribution in [-0.4, -0.2) is 24.3 Å². The van der Waals surface area contributed by atoms with E-state index in [0.29, 0.717) is 28.2 Å². The maximum absolute atomic E-state index is 11.8. The third-order valence-corrected chi connectivity index (χ3v) is 5.61. The lowest BCUT2D eigenvalue weighted by molar-refractivity contribution is 0.384. The second-order valence-electron chi connectivity index (χ2n) is 5.30. The van der Waals surface area contributed by atoms with Crippen LogP contribution in [0.5, 0.6) is 0 Å². The molecule has 0 radical (unpaired) electrons. The van der Waals surface area contributed by atoms with Crippen molar-refractivity contribution >= 4 is 27.1 Å². The fourth-order valence-corrected chi connectivity index (χ4v) is 3.18. The zero-order chi connectivity index (χ0) is 17.9. The summed E-state index contributed by atoms with van der Waals surface area (Å²) in [6, 6.07) is 13.7. The van der Waals surface area contributed by atoms with Crippen molar-refractivity contribution in [1.29, 1.82) is 0 Å². The van der Waals surface area contributed by atoms with Crippen LogP contribution < -0.4 is 5.32 Å². The Morgan fingerprint density at radius 3 is 2.40 bits per heavy atom. The van der Waals surface area contributed by atoms with E-state index in [1.807, 2.05) is 12.1 Å². The summed E-state index contributed by atoms with van der Waals surface area (Å²) in [7, 11) is -3.19. The van der Waals surface area contributed by atoms with Crippen molar-refractivity contribution < 1.29 is 12.9 Å². The molecule has 1 heterocycles. The summed E-state index contributed by atoms with van der Waals surface area (Å²) in [4.78, 5) is 4.62. The van der Waals surface area contributed by atoms with Crippen LogP contribution in [0.4, 0.5) is 5.69 Å². The van der Waals surface area contributed by atoms with Crippen molar-refractivity contribution in [3.05, 3.63) is 59.4 Å². The molecule has 130 valence electrons. The van der Waals surface area contributed by atoms with E-state index >= 15 is 0 Å². The summed E-state index contributed by atoms with van der Waals surface area (Å²) in [5.41, 5.74) is 1.58. The Kier molecular flexibility index (Phi) is 5.06. The molecule has 0 saturated carbocycles. The van der Waals surface area contributed by atoms with Gasteiger partial charge in [-0.25, -0.2) is 8.42 Å². The molecule has 0 aliphatic heterocycles. The summed E-state index contributed by atoms with van der Waals surface area (Å²) in [6.07, 6.45) is 0. The minimum absolute atomic E-state index is 0.0786. The van der Waals surface area contributed by atoms with E-state index in [2.05, 4.69) is 15.5 Å². The van der Waals surface area contributed by atoms with E-state index in [0.717, 1.165) is 11.3 Å². The fourth-order valence-electron chi connectivity index (χ4n) is 2.17. The van der Waals surface area contributed by atoms with Crippen LogP contribution in [0.2, 0.25) is 5.02 Å². The molecule has 0 amide bonds. The third kappa shape index (κ3) is 4.18. The van der Waals surface area contributed by atoms with Crippen LogP contribution in [0.1, 0.15) is 12.8 Å². The molecule has 3 aromatic rings. The first-order chi connectivity index (χ1) is 12.0. The van der Waals surface area contributed by atoms with E-state index in [1.165, 1.54) is 0 Å². The van der Waals surface area contributed by atoms with Gasteiger partial charge in [0.05, 0.1) is 17.2 Å². The molecule has 0 fully saturated rings. The van der Waals surface area contributed by atoms with Gasteiger partial charge in [0, 0.05) is 16.3 Å². The van der Waals surface area contributed by atoms with Crippen LogP contribution in [-0.2, 0) is 16.4 Å². The average molecular weight is 378 g/mol. The maximum atomic E-state index is 11.8. The van der Waals surface area contributed by atoms with Gasteiger partial charge in [-0.2, -0.15) is 4.98 Å². The molecule has 0 bridgehead atoms. The van der Waals surface area contributed by atoms with Crippen molar-refractivity contribution in [2.45, 2.75) is 18.4 Å². The SMILES string of the molecule is CCS(=O)(=O)c1ccc(NCc2nc(-c3ccc(Cl)cc3)no2)cc1. The summed E-state index contributed by atoms with van der Waals surface area (Å²) in [5.74, 6) is 0.989. The van der Waals surface area contributed by atoms with Crippen molar-refractivity contribution in [2.75, 3.05) is 11.1 Å². The number of rotatable bonds is 6. The van der Waals surface area contributed by atoms with Crippen LogP contribution in [0.25, 0.3) is 11.4 Å². The molecule has 0 saturated heterocycles. The van der Waals surface area contributed by atoms with Crippen LogP contribution in [0.15, 0.2) is 57.9 Å². The molecule has 1 aromatic heterocycles. The van der Waals surface area contributed by atoms with Gasteiger partial charge in [0.1, 0.15) is 0 Å². The van der Waals surface area contributed by atoms with Gasteiger partial charge in [-0.1, -0.05) is 23.7 Å². The molecule has 0 unspecified atom stereocenters. The first-order valence-corrected chi connectivity index (χ1v) is 9.66. The maximum Gasteiger partial charge on any atom is 0.246 e. The Labute approximate surface area is 150 Å². The molecular formula is C17H16ClN3O3S. The van der Waals surface area contributed by atoms with Gasteiger partial charge in [0.2, 0.25) is 11.7 Å². The number of anilines is 1. The highest BCUT2D eigenvalue weighted by Gasteiger charge is 2.11. The predicted octanol–water partition coefficient (Wildman–Crippen LogP) is 3.80. The molecule has 0 spiro atoms. The first-order valence-electron chi connectivity index (χ1n) is 7.63. The molecule has 25 heavy (non-hydrogen) atoms. The van der Waals surface area contributed by atoms with E-state index in [1.54, 1.807) is 43.3 Å². The average Bonchev–Trinajstić information content (AvgIpc) is 3.10. The largest absolute Gasteiger partial charge is 0.376 e. The van der Waals surface area contributed by atoms with E-state index in [4.69, 9.17) is 16.1 Å². The summed E-state index contributed by atoms with van der Waals surface area (Å²) in [6.45, 7) is 1.95. The number of aromatic nitrogens is 2. The van der Waals surface area contributed by atoms with Crippen molar-refractivity contribution in [3.8, 4) is 11.4 Å². The van der Waals surface area contributed by atoms with Crippen LogP contribution >= 0.6 is 11.6 Å². The number of nitrogens with zero attached hydrogens (tertiary/aromatic N) is 2. The number of benzene rings is 2. The highest BCUT2D eigenvalue weighted by molar-refractivity contribution is 7.91. The number of hydrogen-bond donors (Lipinski definition) is 1. The van der Waals surface area contributed by atoms with Gasteiger partial charge in [-0.05, 0) is 48.5 Å². The van der Waals surface area contributed by atoms with E-state index < -0.39 is 9.84 Å². The molecule has 0 aliphatic carbocycles. The van der Waals surface area contributed by atoms with Gasteiger partial charge >= 0.3 is 0 Å². The normalized spacial score (nSPS) is 11.4. The standard InChI is InChI=1S/C17H16ClN3O3S/c1-2-25(22,23)15-9-7-14(8-10-15)19-11-16-20-17(21-24-16)12-3-5-13(18)6-4-12/h3-10,19H,2,11H2,1H3. The number of nitrogens with one attached hydrogen (secondary N) is 1. The second-order valence-corrected chi connectivity index (χ2v) is 8.01. The van der Waals surface area contributed by atoms with Crippen molar-refractivity contribution in [2.24, 2.45) is 0 Å². The molecule has 3 rings (SSSR count). The zero-order valence-electron chi connectivity index (χ0n) is 13.4. The molecule has 2 aromatic carbocycles. The second kappa shape index (κ2) is 7.25. The van der Waals surface area contributed by atoms with Gasteiger partial charge in [-0.15, -0.1) is 0 Å². The monoisotopic (exact) mass is 377 g/mol. The van der Waals surface area contributed by atoms with E-state index in [-0.39, 0.29) is 5.75 Å². The number of hydrogen-bond acceptors (Lipinski definition) is 6. The Balaban J connectivity index is 1.65.